The minimum Gasteiger partial charge on any atom is -0.310 e. The molecule has 0 saturated heterocycles. The predicted octanol–water partition coefficient (Wildman–Crippen LogP) is 19.2. The van der Waals surface area contributed by atoms with Gasteiger partial charge < -0.3 is 9.47 Å². The maximum atomic E-state index is 2.55. The fourth-order valence-electron chi connectivity index (χ4n) is 13.1. The molecule has 1 heterocycles. The summed E-state index contributed by atoms with van der Waals surface area (Å²) in [6.07, 6.45) is 6.40. The van der Waals surface area contributed by atoms with Crippen molar-refractivity contribution in [1.82, 2.24) is 4.57 Å². The number of rotatable bonds is 9. The fourth-order valence-corrected chi connectivity index (χ4v) is 13.1. The minimum atomic E-state index is -0.547. The van der Waals surface area contributed by atoms with Gasteiger partial charge in [0.25, 0.3) is 0 Å². The molecule has 0 atom stereocenters. The van der Waals surface area contributed by atoms with E-state index in [1.54, 1.807) is 0 Å². The van der Waals surface area contributed by atoms with Gasteiger partial charge in [0.1, 0.15) is 0 Å². The zero-order valence-electron chi connectivity index (χ0n) is 40.8. The van der Waals surface area contributed by atoms with Crippen molar-refractivity contribution in [3.63, 3.8) is 0 Å². The maximum absolute atomic E-state index is 2.55. The fraction of sp³-hybridized carbons (Fsp3) is 0.0986. The van der Waals surface area contributed by atoms with Crippen LogP contribution in [-0.2, 0) is 5.41 Å². The molecule has 2 aliphatic carbocycles. The molecule has 0 bridgehead atoms. The van der Waals surface area contributed by atoms with Gasteiger partial charge in [-0.05, 0) is 140 Å². The van der Waals surface area contributed by atoms with E-state index in [0.29, 0.717) is 5.92 Å². The van der Waals surface area contributed by atoms with Gasteiger partial charge in [-0.25, -0.2) is 0 Å². The third-order valence-corrected chi connectivity index (χ3v) is 16.2. The van der Waals surface area contributed by atoms with Crippen LogP contribution >= 0.6 is 0 Å². The first-order valence-electron chi connectivity index (χ1n) is 26.2. The van der Waals surface area contributed by atoms with Gasteiger partial charge in [-0.3, -0.25) is 0 Å². The first-order chi connectivity index (χ1) is 36.2. The Bertz CT molecular complexity index is 3970. The first kappa shape index (κ1) is 43.1. The topological polar surface area (TPSA) is 8.17 Å². The van der Waals surface area contributed by atoms with Crippen LogP contribution in [0.1, 0.15) is 65.8 Å². The van der Waals surface area contributed by atoms with Crippen LogP contribution in [0.4, 0.5) is 17.1 Å². The summed E-state index contributed by atoms with van der Waals surface area (Å²) in [4.78, 5) is 2.55. The Hall–Kier alpha value is -8.72. The second-order valence-electron chi connectivity index (χ2n) is 20.2. The molecule has 0 unspecified atom stereocenters. The lowest BCUT2D eigenvalue weighted by atomic mass is 9.67. The molecule has 2 heteroatoms. The number of aromatic nitrogens is 1. The molecular weight excluding hydrogens is 881 g/mol. The molecule has 73 heavy (non-hydrogen) atoms. The van der Waals surface area contributed by atoms with Crippen molar-refractivity contribution < 1.29 is 0 Å². The second-order valence-corrected chi connectivity index (χ2v) is 20.2. The van der Waals surface area contributed by atoms with Crippen molar-refractivity contribution in [3.8, 4) is 39.1 Å². The van der Waals surface area contributed by atoms with Crippen LogP contribution in [0.2, 0.25) is 0 Å². The number of para-hydroxylation sites is 3. The van der Waals surface area contributed by atoms with Crippen LogP contribution in [0.15, 0.2) is 261 Å². The summed E-state index contributed by atoms with van der Waals surface area (Å²) in [6, 6.07) is 97.6. The SMILES string of the molecule is c1ccc(-n2c3ccccc3c3ccc(-c4cccc(N(c5ccc6c(c5)C(c5ccccc5)(c5ccccc5)c5ccccc5-6)c5ccccc5-c5cccc6cccc(C7CCCCC7)c56)c4)cc32)cc1. The van der Waals surface area contributed by atoms with Crippen LogP contribution < -0.4 is 4.90 Å². The normalized spacial score (nSPS) is 14.1. The predicted molar refractivity (Wildman–Crippen MR) is 307 cm³/mol. The van der Waals surface area contributed by atoms with E-state index in [0.717, 1.165) is 28.3 Å². The summed E-state index contributed by atoms with van der Waals surface area (Å²) >= 11 is 0. The summed E-state index contributed by atoms with van der Waals surface area (Å²) in [7, 11) is 0. The van der Waals surface area contributed by atoms with Crippen molar-refractivity contribution in [2.24, 2.45) is 0 Å². The number of hydrogen-bond acceptors (Lipinski definition) is 1. The Morgan fingerprint density at radius 2 is 0.986 bits per heavy atom. The van der Waals surface area contributed by atoms with Crippen LogP contribution in [0.5, 0.6) is 0 Å². The smallest absolute Gasteiger partial charge is 0.0714 e. The zero-order chi connectivity index (χ0) is 48.3. The molecule has 11 aromatic carbocycles. The van der Waals surface area contributed by atoms with Gasteiger partial charge in [-0.2, -0.15) is 0 Å². The average molecular weight is 935 g/mol. The maximum Gasteiger partial charge on any atom is 0.0714 e. The second kappa shape index (κ2) is 17.8. The highest BCUT2D eigenvalue weighted by molar-refractivity contribution is 6.10. The molecule has 348 valence electrons. The Labute approximate surface area is 428 Å². The van der Waals surface area contributed by atoms with Crippen LogP contribution in [0.25, 0.3) is 71.6 Å². The van der Waals surface area contributed by atoms with Crippen molar-refractivity contribution in [1.29, 1.82) is 0 Å². The lowest BCUT2D eigenvalue weighted by Gasteiger charge is -2.35. The molecule has 0 spiro atoms. The quantitative estimate of drug-likeness (QED) is 0.140. The van der Waals surface area contributed by atoms with Crippen LogP contribution in [0.3, 0.4) is 0 Å². The van der Waals surface area contributed by atoms with Gasteiger partial charge in [0.2, 0.25) is 0 Å². The molecule has 12 aromatic rings. The summed E-state index contributed by atoms with van der Waals surface area (Å²) in [5, 5.41) is 5.19. The van der Waals surface area contributed by atoms with Gasteiger partial charge >= 0.3 is 0 Å². The number of hydrogen-bond donors (Lipinski definition) is 0. The van der Waals surface area contributed by atoms with E-state index in [-0.39, 0.29) is 0 Å². The molecule has 0 radical (unpaired) electrons. The van der Waals surface area contributed by atoms with Crippen LogP contribution in [-0.4, -0.2) is 4.57 Å². The highest BCUT2D eigenvalue weighted by atomic mass is 15.1. The van der Waals surface area contributed by atoms with Gasteiger partial charge in [0.15, 0.2) is 0 Å². The standard InChI is InChI=1S/C71H54N2/c1-5-22-49(23-6-1)58-37-20-24-50-25-21-38-64(70(50)58)62-36-15-17-40-67(62)72(56-33-19-26-51(46-56)52-42-44-63-61-35-14-18-41-68(61)73(69(63)47-52)55-31-11-4-12-32-55)57-43-45-60-59-34-13-16-39-65(59)71(66(60)48-57,53-27-7-2-8-28-53)54-29-9-3-10-30-54/h2-4,7-21,24-49H,1,5-6,22-23H2. The van der Waals surface area contributed by atoms with E-state index in [2.05, 4.69) is 270 Å². The summed E-state index contributed by atoms with van der Waals surface area (Å²) in [5.41, 5.74) is 20.3. The number of nitrogens with zero attached hydrogens (tertiary/aromatic N) is 2. The van der Waals surface area contributed by atoms with Gasteiger partial charge in [0.05, 0.1) is 22.1 Å². The van der Waals surface area contributed by atoms with Gasteiger partial charge in [-0.15, -0.1) is 0 Å². The Balaban J connectivity index is 1.02. The molecule has 2 nitrogen and oxygen atoms in total. The molecule has 1 aromatic heterocycles. The Morgan fingerprint density at radius 1 is 0.384 bits per heavy atom. The monoisotopic (exact) mass is 934 g/mol. The zero-order valence-corrected chi connectivity index (χ0v) is 40.8. The number of anilines is 3. The number of fused-ring (bicyclic) bond motifs is 7. The molecule has 1 fully saturated rings. The van der Waals surface area contributed by atoms with Crippen molar-refractivity contribution in [3.05, 3.63) is 289 Å². The Morgan fingerprint density at radius 3 is 1.78 bits per heavy atom. The van der Waals surface area contributed by atoms with Crippen molar-refractivity contribution in [2.75, 3.05) is 4.90 Å². The molecule has 0 amide bonds. The van der Waals surface area contributed by atoms with Gasteiger partial charge in [-0.1, -0.05) is 226 Å². The Kier molecular flexibility index (Phi) is 10.5. The first-order valence-corrected chi connectivity index (χ1v) is 26.2. The summed E-state index contributed by atoms with van der Waals surface area (Å²) in [6.45, 7) is 0. The minimum absolute atomic E-state index is 0.547. The molecule has 0 aliphatic heterocycles. The molecule has 0 N–H and O–H groups in total. The molecule has 14 rings (SSSR count). The molecular formula is C71H54N2. The lowest BCUT2D eigenvalue weighted by Crippen LogP contribution is -2.28. The number of benzene rings is 11. The van der Waals surface area contributed by atoms with E-state index in [1.165, 1.54) is 120 Å². The van der Waals surface area contributed by atoms with E-state index < -0.39 is 5.41 Å². The van der Waals surface area contributed by atoms with E-state index in [1.807, 2.05) is 0 Å². The van der Waals surface area contributed by atoms with E-state index in [4.69, 9.17) is 0 Å². The third kappa shape index (κ3) is 7.00. The average Bonchev–Trinajstić information content (AvgIpc) is 3.96. The third-order valence-electron chi connectivity index (χ3n) is 16.2. The van der Waals surface area contributed by atoms with E-state index >= 15 is 0 Å². The van der Waals surface area contributed by atoms with Crippen molar-refractivity contribution >= 4 is 49.6 Å². The summed E-state index contributed by atoms with van der Waals surface area (Å²) < 4.78 is 2.42. The molecule has 1 saturated carbocycles. The highest BCUT2D eigenvalue weighted by Crippen LogP contribution is 2.58. The highest BCUT2D eigenvalue weighted by Gasteiger charge is 2.46. The summed E-state index contributed by atoms with van der Waals surface area (Å²) in [5.74, 6) is 0.555. The van der Waals surface area contributed by atoms with Crippen molar-refractivity contribution in [2.45, 2.75) is 43.4 Å². The molecule has 2 aliphatic rings. The lowest BCUT2D eigenvalue weighted by molar-refractivity contribution is 0.445. The largest absolute Gasteiger partial charge is 0.310 e. The van der Waals surface area contributed by atoms with Crippen LogP contribution in [0, 0.1) is 0 Å². The van der Waals surface area contributed by atoms with E-state index in [9.17, 15) is 0 Å². The van der Waals surface area contributed by atoms with Gasteiger partial charge in [0, 0.05) is 33.4 Å².